The molecule has 3 aromatic heterocycles. The predicted octanol–water partition coefficient (Wildman–Crippen LogP) is 3.08. The first-order valence-corrected chi connectivity index (χ1v) is 9.11. The third-order valence-electron chi connectivity index (χ3n) is 3.98. The van der Waals surface area contributed by atoms with Gasteiger partial charge in [-0.25, -0.2) is 9.67 Å². The van der Waals surface area contributed by atoms with Gasteiger partial charge >= 0.3 is 0 Å². The van der Waals surface area contributed by atoms with Gasteiger partial charge in [-0.2, -0.15) is 0 Å². The van der Waals surface area contributed by atoms with Crippen LogP contribution in [-0.2, 0) is 18.3 Å². The van der Waals surface area contributed by atoms with Crippen LogP contribution in [0.2, 0.25) is 0 Å². The summed E-state index contributed by atoms with van der Waals surface area (Å²) in [6.07, 6.45) is 0.135. The van der Waals surface area contributed by atoms with Gasteiger partial charge in [0.05, 0.1) is 17.0 Å². The molecule has 3 heterocycles. The number of amides is 1. The van der Waals surface area contributed by atoms with Crippen molar-refractivity contribution in [3.05, 3.63) is 53.2 Å². The lowest BCUT2D eigenvalue weighted by molar-refractivity contribution is -0.115. The molecule has 1 amide bonds. The van der Waals surface area contributed by atoms with Crippen molar-refractivity contribution in [2.24, 2.45) is 7.05 Å². The second-order valence-electron chi connectivity index (χ2n) is 5.93. The van der Waals surface area contributed by atoms with Crippen molar-refractivity contribution >= 4 is 22.9 Å². The van der Waals surface area contributed by atoms with Crippen LogP contribution in [0, 0.1) is 6.92 Å². The molecule has 0 spiro atoms. The summed E-state index contributed by atoms with van der Waals surface area (Å²) in [5.41, 5.74) is 2.11. The van der Waals surface area contributed by atoms with E-state index in [1.807, 2.05) is 48.7 Å². The zero-order chi connectivity index (χ0) is 18.8. The van der Waals surface area contributed by atoms with Crippen LogP contribution >= 0.6 is 11.3 Å². The number of anilines is 1. The maximum atomic E-state index is 12.5. The van der Waals surface area contributed by atoms with E-state index in [4.69, 9.17) is 4.42 Å². The van der Waals surface area contributed by atoms with E-state index in [-0.39, 0.29) is 12.3 Å². The fourth-order valence-electron chi connectivity index (χ4n) is 2.66. The highest BCUT2D eigenvalue weighted by Crippen LogP contribution is 2.26. The molecule has 1 N–H and O–H groups in total. The fourth-order valence-corrected chi connectivity index (χ4v) is 3.31. The molecule has 8 nitrogen and oxygen atoms in total. The van der Waals surface area contributed by atoms with Crippen molar-refractivity contribution in [1.82, 2.24) is 25.2 Å². The van der Waals surface area contributed by atoms with E-state index >= 15 is 0 Å². The monoisotopic (exact) mass is 380 g/mol. The van der Waals surface area contributed by atoms with Gasteiger partial charge in [-0.3, -0.25) is 4.79 Å². The van der Waals surface area contributed by atoms with Crippen LogP contribution in [0.5, 0.6) is 0 Å². The van der Waals surface area contributed by atoms with Crippen LogP contribution in [0.3, 0.4) is 0 Å². The lowest BCUT2D eigenvalue weighted by Crippen LogP contribution is -2.15. The summed E-state index contributed by atoms with van der Waals surface area (Å²) >= 11 is 1.55. The van der Waals surface area contributed by atoms with Crippen molar-refractivity contribution in [3.63, 3.8) is 0 Å². The number of hydrogen-bond acceptors (Lipinski definition) is 7. The van der Waals surface area contributed by atoms with Crippen LogP contribution in [0.25, 0.3) is 22.2 Å². The Hall–Kier alpha value is -3.33. The number of thiophene rings is 1. The molecule has 0 atom stereocenters. The predicted molar refractivity (Wildman–Crippen MR) is 101 cm³/mol. The zero-order valence-corrected chi connectivity index (χ0v) is 15.5. The molecule has 0 saturated heterocycles. The van der Waals surface area contributed by atoms with Crippen molar-refractivity contribution in [2.75, 3.05) is 5.32 Å². The molecule has 0 fully saturated rings. The Labute approximate surface area is 158 Å². The second kappa shape index (κ2) is 7.12. The summed E-state index contributed by atoms with van der Waals surface area (Å²) in [4.78, 5) is 17.9. The Balaban J connectivity index is 1.48. The van der Waals surface area contributed by atoms with E-state index in [1.54, 1.807) is 23.1 Å². The van der Waals surface area contributed by atoms with Crippen LogP contribution in [-0.4, -0.2) is 31.1 Å². The van der Waals surface area contributed by atoms with Gasteiger partial charge in [0.15, 0.2) is 5.82 Å². The molecule has 0 saturated carbocycles. The van der Waals surface area contributed by atoms with Crippen molar-refractivity contribution < 1.29 is 9.21 Å². The van der Waals surface area contributed by atoms with Crippen LogP contribution in [0.15, 0.2) is 46.2 Å². The first kappa shape index (κ1) is 17.1. The van der Waals surface area contributed by atoms with Gasteiger partial charge in [-0.05, 0) is 40.9 Å². The molecular weight excluding hydrogens is 364 g/mol. The standard InChI is InChI=1S/C18H16N6O2S/c1-11-14(20-18(26-11)15-7-4-8-27-15)10-16(25)19-13-6-3-5-12(9-13)17-21-22-23-24(17)2/h3-9H,10H2,1-2H3,(H,19,25). The lowest BCUT2D eigenvalue weighted by Gasteiger charge is -2.06. The molecule has 136 valence electrons. The molecule has 0 unspecified atom stereocenters. The maximum Gasteiger partial charge on any atom is 0.236 e. The third-order valence-corrected chi connectivity index (χ3v) is 4.84. The van der Waals surface area contributed by atoms with E-state index in [0.29, 0.717) is 28.9 Å². The maximum absolute atomic E-state index is 12.5. The van der Waals surface area contributed by atoms with Crippen LogP contribution < -0.4 is 5.32 Å². The quantitative estimate of drug-likeness (QED) is 0.571. The Morgan fingerprint density at radius 1 is 1.30 bits per heavy atom. The normalized spacial score (nSPS) is 10.9. The van der Waals surface area contributed by atoms with E-state index in [0.717, 1.165) is 10.4 Å². The first-order valence-electron chi connectivity index (χ1n) is 8.23. The van der Waals surface area contributed by atoms with Crippen LogP contribution in [0.4, 0.5) is 5.69 Å². The number of carbonyl (C=O) groups excluding carboxylic acids is 1. The number of rotatable bonds is 5. The molecule has 1 aromatic carbocycles. The Morgan fingerprint density at radius 2 is 2.19 bits per heavy atom. The second-order valence-corrected chi connectivity index (χ2v) is 6.88. The number of aryl methyl sites for hydroxylation is 2. The van der Waals surface area contributed by atoms with Gasteiger partial charge in [-0.15, -0.1) is 16.4 Å². The summed E-state index contributed by atoms with van der Waals surface area (Å²) in [5, 5.41) is 16.3. The third kappa shape index (κ3) is 3.63. The Kier molecular flexibility index (Phi) is 4.51. The number of nitrogens with zero attached hydrogens (tertiary/aromatic N) is 5. The number of nitrogens with one attached hydrogen (secondary N) is 1. The van der Waals surface area contributed by atoms with Gasteiger partial charge in [0.2, 0.25) is 11.8 Å². The smallest absolute Gasteiger partial charge is 0.236 e. The molecule has 0 radical (unpaired) electrons. The van der Waals surface area contributed by atoms with E-state index in [9.17, 15) is 4.79 Å². The fraction of sp³-hybridized carbons (Fsp3) is 0.167. The van der Waals surface area contributed by atoms with Gasteiger partial charge in [0.25, 0.3) is 0 Å². The number of hydrogen-bond donors (Lipinski definition) is 1. The highest BCUT2D eigenvalue weighted by atomic mass is 32.1. The summed E-state index contributed by atoms with van der Waals surface area (Å²) < 4.78 is 7.26. The summed E-state index contributed by atoms with van der Waals surface area (Å²) in [7, 11) is 1.76. The first-order chi connectivity index (χ1) is 13.1. The lowest BCUT2D eigenvalue weighted by atomic mass is 10.2. The number of carbonyl (C=O) groups is 1. The molecule has 0 aliphatic heterocycles. The van der Waals surface area contributed by atoms with E-state index < -0.39 is 0 Å². The van der Waals surface area contributed by atoms with Gasteiger partial charge in [0, 0.05) is 18.3 Å². The SMILES string of the molecule is Cc1oc(-c2cccs2)nc1CC(=O)Nc1cccc(-c2nnnn2C)c1. The van der Waals surface area contributed by atoms with Crippen molar-refractivity contribution in [1.29, 1.82) is 0 Å². The average molecular weight is 380 g/mol. The highest BCUT2D eigenvalue weighted by Gasteiger charge is 2.16. The van der Waals surface area contributed by atoms with Gasteiger partial charge in [0.1, 0.15) is 5.76 Å². The van der Waals surface area contributed by atoms with Crippen molar-refractivity contribution in [3.8, 4) is 22.2 Å². The molecule has 0 aliphatic carbocycles. The molecule has 27 heavy (non-hydrogen) atoms. The van der Waals surface area contributed by atoms with Gasteiger partial charge < -0.3 is 9.73 Å². The zero-order valence-electron chi connectivity index (χ0n) is 14.7. The van der Waals surface area contributed by atoms with Gasteiger partial charge in [-0.1, -0.05) is 18.2 Å². The largest absolute Gasteiger partial charge is 0.440 e. The minimum atomic E-state index is -0.169. The highest BCUT2D eigenvalue weighted by molar-refractivity contribution is 7.13. The summed E-state index contributed by atoms with van der Waals surface area (Å²) in [6.45, 7) is 1.81. The summed E-state index contributed by atoms with van der Waals surface area (Å²) in [5.74, 6) is 1.64. The Bertz CT molecular complexity index is 1080. The molecule has 9 heteroatoms. The molecule has 0 aliphatic rings. The van der Waals surface area contributed by atoms with E-state index in [2.05, 4.69) is 25.8 Å². The molecular formula is C18H16N6O2S. The number of tetrazole rings is 1. The topological polar surface area (TPSA) is 98.7 Å². The van der Waals surface area contributed by atoms with Crippen LogP contribution in [0.1, 0.15) is 11.5 Å². The minimum Gasteiger partial charge on any atom is -0.440 e. The summed E-state index contributed by atoms with van der Waals surface area (Å²) in [6, 6.07) is 11.2. The molecule has 0 bridgehead atoms. The number of benzene rings is 1. The molecule has 4 rings (SSSR count). The number of oxazole rings is 1. The van der Waals surface area contributed by atoms with E-state index in [1.165, 1.54) is 0 Å². The average Bonchev–Trinajstić information content (AvgIpc) is 3.37. The molecule has 4 aromatic rings. The van der Waals surface area contributed by atoms with Crippen molar-refractivity contribution in [2.45, 2.75) is 13.3 Å². The Morgan fingerprint density at radius 3 is 2.93 bits per heavy atom. The number of aromatic nitrogens is 5. The minimum absolute atomic E-state index is 0.135.